The van der Waals surface area contributed by atoms with Gasteiger partial charge in [0.25, 0.3) is 5.91 Å². The number of carbonyl (C=O) groups excluding carboxylic acids is 1. The van der Waals surface area contributed by atoms with Crippen LogP contribution in [0.5, 0.6) is 5.75 Å². The monoisotopic (exact) mass is 372 g/mol. The van der Waals surface area contributed by atoms with E-state index >= 15 is 0 Å². The molecule has 1 amide bonds. The predicted octanol–water partition coefficient (Wildman–Crippen LogP) is 4.91. The Morgan fingerprint density at radius 1 is 1.44 bits per heavy atom. The number of benzene rings is 1. The van der Waals surface area contributed by atoms with Crippen molar-refractivity contribution in [3.05, 3.63) is 23.8 Å². The second-order valence-electron chi connectivity index (χ2n) is 8.02. The summed E-state index contributed by atoms with van der Waals surface area (Å²) in [5, 5.41) is 12.5. The van der Waals surface area contributed by atoms with Crippen molar-refractivity contribution in [2.24, 2.45) is 11.8 Å². The van der Waals surface area contributed by atoms with E-state index in [0.717, 1.165) is 32.1 Å². The molecule has 0 saturated heterocycles. The van der Waals surface area contributed by atoms with Crippen LogP contribution in [0, 0.1) is 23.2 Å². The summed E-state index contributed by atoms with van der Waals surface area (Å²) >= 11 is 0. The molecule has 0 spiro atoms. The molecule has 0 bridgehead atoms. The van der Waals surface area contributed by atoms with E-state index in [1.165, 1.54) is 0 Å². The maximum atomic E-state index is 13.1. The number of ether oxygens (including phenoxy) is 2. The van der Waals surface area contributed by atoms with Gasteiger partial charge in [0.15, 0.2) is 0 Å². The summed E-state index contributed by atoms with van der Waals surface area (Å²) in [5.41, 5.74) is 0.115. The number of nitrogens with zero attached hydrogens (tertiary/aromatic N) is 1. The highest BCUT2D eigenvalue weighted by Crippen LogP contribution is 2.37. The Hall–Kier alpha value is -2.06. The van der Waals surface area contributed by atoms with Crippen molar-refractivity contribution < 1.29 is 14.3 Å². The number of nitriles is 1. The molecule has 5 nitrogen and oxygen atoms in total. The van der Waals surface area contributed by atoms with E-state index in [1.807, 2.05) is 6.92 Å². The quantitative estimate of drug-likeness (QED) is 0.704. The number of nitrogens with one attached hydrogen (secondary N) is 1. The van der Waals surface area contributed by atoms with Gasteiger partial charge in [-0.2, -0.15) is 5.26 Å². The van der Waals surface area contributed by atoms with Crippen LogP contribution in [0.3, 0.4) is 0 Å². The highest BCUT2D eigenvalue weighted by Gasteiger charge is 2.42. The number of amides is 1. The Balaban J connectivity index is 2.17. The van der Waals surface area contributed by atoms with Crippen LogP contribution >= 0.6 is 0 Å². The molecule has 1 fully saturated rings. The average molecular weight is 373 g/mol. The van der Waals surface area contributed by atoms with E-state index < -0.39 is 5.60 Å². The van der Waals surface area contributed by atoms with Crippen LogP contribution in [0.15, 0.2) is 18.2 Å². The molecule has 27 heavy (non-hydrogen) atoms. The molecular formula is C22H32N2O3. The van der Waals surface area contributed by atoms with Crippen molar-refractivity contribution in [3.63, 3.8) is 0 Å². The molecule has 1 aliphatic carbocycles. The van der Waals surface area contributed by atoms with Gasteiger partial charge in [-0.05, 0) is 55.7 Å². The van der Waals surface area contributed by atoms with E-state index in [0.29, 0.717) is 42.0 Å². The second kappa shape index (κ2) is 9.75. The van der Waals surface area contributed by atoms with Crippen LogP contribution in [0.2, 0.25) is 0 Å². The third-order valence-corrected chi connectivity index (χ3v) is 4.90. The Labute approximate surface area is 163 Å². The third-order valence-electron chi connectivity index (χ3n) is 4.90. The first-order chi connectivity index (χ1) is 12.9. The summed E-state index contributed by atoms with van der Waals surface area (Å²) in [5.74, 6) is 1.35. The van der Waals surface area contributed by atoms with E-state index in [2.05, 4.69) is 32.2 Å². The van der Waals surface area contributed by atoms with Gasteiger partial charge in [-0.3, -0.25) is 4.79 Å². The summed E-state index contributed by atoms with van der Waals surface area (Å²) < 4.78 is 11.8. The molecule has 1 N–H and O–H groups in total. The van der Waals surface area contributed by atoms with Gasteiger partial charge in [-0.1, -0.05) is 34.1 Å². The van der Waals surface area contributed by atoms with E-state index in [-0.39, 0.29) is 5.91 Å². The fourth-order valence-electron chi connectivity index (χ4n) is 3.52. The van der Waals surface area contributed by atoms with Gasteiger partial charge in [0.1, 0.15) is 17.4 Å². The lowest BCUT2D eigenvalue weighted by Crippen LogP contribution is -2.48. The minimum absolute atomic E-state index is 0.144. The van der Waals surface area contributed by atoms with Crippen molar-refractivity contribution in [2.75, 3.05) is 18.5 Å². The Kier molecular flexibility index (Phi) is 7.67. The largest absolute Gasteiger partial charge is 0.493 e. The zero-order valence-corrected chi connectivity index (χ0v) is 17.0. The fraction of sp³-hybridized carbons (Fsp3) is 0.636. The fourth-order valence-corrected chi connectivity index (χ4v) is 3.52. The van der Waals surface area contributed by atoms with Gasteiger partial charge in [0, 0.05) is 6.61 Å². The SMILES string of the molecule is CCCO[C@@]1(C(=O)Nc2ccc(OCC(C)C)cc2C#N)CCC[C@@H](C)C1. The molecule has 1 aromatic rings. The van der Waals surface area contributed by atoms with E-state index in [9.17, 15) is 10.1 Å². The van der Waals surface area contributed by atoms with Gasteiger partial charge < -0.3 is 14.8 Å². The Morgan fingerprint density at radius 2 is 2.22 bits per heavy atom. The number of anilines is 1. The highest BCUT2D eigenvalue weighted by atomic mass is 16.5. The topological polar surface area (TPSA) is 71.3 Å². The van der Waals surface area contributed by atoms with Crippen LogP contribution in [0.25, 0.3) is 0 Å². The van der Waals surface area contributed by atoms with Gasteiger partial charge in [0.2, 0.25) is 0 Å². The van der Waals surface area contributed by atoms with Gasteiger partial charge >= 0.3 is 0 Å². The van der Waals surface area contributed by atoms with Crippen molar-refractivity contribution in [3.8, 4) is 11.8 Å². The minimum atomic E-state index is -0.798. The molecule has 1 aromatic carbocycles. The maximum absolute atomic E-state index is 13.1. The van der Waals surface area contributed by atoms with Crippen LogP contribution in [-0.4, -0.2) is 24.7 Å². The molecule has 1 aliphatic rings. The molecule has 0 aromatic heterocycles. The van der Waals surface area contributed by atoms with Gasteiger partial charge in [-0.25, -0.2) is 0 Å². The van der Waals surface area contributed by atoms with Crippen LogP contribution in [-0.2, 0) is 9.53 Å². The first-order valence-electron chi connectivity index (χ1n) is 10.0. The molecule has 0 unspecified atom stereocenters. The third kappa shape index (κ3) is 5.71. The van der Waals surface area contributed by atoms with Crippen molar-refractivity contribution in [1.29, 1.82) is 5.26 Å². The minimum Gasteiger partial charge on any atom is -0.493 e. The molecular weight excluding hydrogens is 340 g/mol. The normalized spacial score (nSPS) is 22.3. The lowest BCUT2D eigenvalue weighted by Gasteiger charge is -2.38. The molecule has 0 radical (unpaired) electrons. The van der Waals surface area contributed by atoms with Crippen LogP contribution < -0.4 is 10.1 Å². The molecule has 5 heteroatoms. The molecule has 1 saturated carbocycles. The second-order valence-corrected chi connectivity index (χ2v) is 8.02. The number of carbonyl (C=O) groups is 1. The lowest BCUT2D eigenvalue weighted by molar-refractivity contribution is -0.148. The highest BCUT2D eigenvalue weighted by molar-refractivity contribution is 5.98. The smallest absolute Gasteiger partial charge is 0.256 e. The summed E-state index contributed by atoms with van der Waals surface area (Å²) in [6, 6.07) is 7.38. The summed E-state index contributed by atoms with van der Waals surface area (Å²) in [6.45, 7) is 9.50. The van der Waals surface area contributed by atoms with Gasteiger partial charge in [0.05, 0.1) is 17.9 Å². The Bertz CT molecular complexity index is 681. The Morgan fingerprint density at radius 3 is 2.85 bits per heavy atom. The zero-order valence-electron chi connectivity index (χ0n) is 17.0. The number of hydrogen-bond donors (Lipinski definition) is 1. The lowest BCUT2D eigenvalue weighted by atomic mass is 9.78. The predicted molar refractivity (Wildman–Crippen MR) is 107 cm³/mol. The average Bonchev–Trinajstić information content (AvgIpc) is 2.65. The van der Waals surface area contributed by atoms with Crippen molar-refractivity contribution >= 4 is 11.6 Å². The zero-order chi connectivity index (χ0) is 19.9. The first-order valence-corrected chi connectivity index (χ1v) is 10.0. The number of rotatable bonds is 8. The molecule has 0 heterocycles. The van der Waals surface area contributed by atoms with E-state index in [1.54, 1.807) is 18.2 Å². The van der Waals surface area contributed by atoms with E-state index in [4.69, 9.17) is 9.47 Å². The summed E-state index contributed by atoms with van der Waals surface area (Å²) in [4.78, 5) is 13.1. The standard InChI is InChI=1S/C22H32N2O3/c1-5-11-27-22(10-6-7-17(4)13-22)21(25)24-20-9-8-19(12-18(20)14-23)26-15-16(2)3/h8-9,12,16-17H,5-7,10-11,13,15H2,1-4H3,(H,24,25)/t17-,22+/m1/s1. The molecule has 2 rings (SSSR count). The molecule has 148 valence electrons. The van der Waals surface area contributed by atoms with Crippen molar-refractivity contribution in [1.82, 2.24) is 0 Å². The first kappa shape index (κ1) is 21.2. The number of hydrogen-bond acceptors (Lipinski definition) is 4. The molecule has 0 aliphatic heterocycles. The maximum Gasteiger partial charge on any atom is 0.256 e. The van der Waals surface area contributed by atoms with Crippen LogP contribution in [0.4, 0.5) is 5.69 Å². The van der Waals surface area contributed by atoms with Gasteiger partial charge in [-0.15, -0.1) is 0 Å². The van der Waals surface area contributed by atoms with Crippen LogP contribution in [0.1, 0.15) is 65.4 Å². The summed E-state index contributed by atoms with van der Waals surface area (Å²) in [7, 11) is 0. The summed E-state index contributed by atoms with van der Waals surface area (Å²) in [6.07, 6.45) is 4.41. The molecule has 2 atom stereocenters. The van der Waals surface area contributed by atoms with Crippen molar-refractivity contribution in [2.45, 2.75) is 65.4 Å².